The molecule has 1 aromatic rings. The molecule has 5 nitrogen and oxygen atoms in total. The second-order valence-electron chi connectivity index (χ2n) is 5.01. The Balaban J connectivity index is 2.56. The standard InChI is InChI=1S/C13H23N3O2/c1-10(2)16-9-14-6-12(16)8-15(4)7-11(3)13(17)18-5/h6,9-11H,7-8H2,1-5H3. The minimum atomic E-state index is -0.167. The molecule has 1 unspecified atom stereocenters. The minimum Gasteiger partial charge on any atom is -0.469 e. The third kappa shape index (κ3) is 3.84. The van der Waals surface area contributed by atoms with Crippen molar-refractivity contribution in [1.82, 2.24) is 14.5 Å². The lowest BCUT2D eigenvalue weighted by atomic mass is 10.1. The van der Waals surface area contributed by atoms with Crippen molar-refractivity contribution in [2.24, 2.45) is 5.92 Å². The fourth-order valence-electron chi connectivity index (χ4n) is 2.00. The van der Waals surface area contributed by atoms with Gasteiger partial charge in [-0.1, -0.05) is 6.92 Å². The Morgan fingerprint density at radius 3 is 2.72 bits per heavy atom. The number of carbonyl (C=O) groups excluding carboxylic acids is 1. The number of carbonyl (C=O) groups is 1. The first-order valence-corrected chi connectivity index (χ1v) is 6.22. The van der Waals surface area contributed by atoms with Crippen LogP contribution in [0.3, 0.4) is 0 Å². The number of hydrogen-bond acceptors (Lipinski definition) is 4. The highest BCUT2D eigenvalue weighted by Gasteiger charge is 2.16. The highest BCUT2D eigenvalue weighted by atomic mass is 16.5. The molecule has 0 aromatic carbocycles. The molecule has 0 spiro atoms. The summed E-state index contributed by atoms with van der Waals surface area (Å²) in [5.41, 5.74) is 1.16. The van der Waals surface area contributed by atoms with Crippen LogP contribution in [0.5, 0.6) is 0 Å². The number of aromatic nitrogens is 2. The highest BCUT2D eigenvalue weighted by molar-refractivity contribution is 5.72. The van der Waals surface area contributed by atoms with Crippen LogP contribution in [0, 0.1) is 5.92 Å². The Kier molecular flexibility index (Phi) is 5.34. The average Bonchev–Trinajstić information content (AvgIpc) is 2.75. The van der Waals surface area contributed by atoms with Gasteiger partial charge in [-0.3, -0.25) is 9.69 Å². The van der Waals surface area contributed by atoms with E-state index in [2.05, 4.69) is 28.3 Å². The van der Waals surface area contributed by atoms with Crippen LogP contribution >= 0.6 is 0 Å². The largest absolute Gasteiger partial charge is 0.469 e. The van der Waals surface area contributed by atoms with Crippen LogP contribution < -0.4 is 0 Å². The van der Waals surface area contributed by atoms with Crippen LogP contribution in [0.1, 0.15) is 32.5 Å². The number of esters is 1. The van der Waals surface area contributed by atoms with E-state index >= 15 is 0 Å². The summed E-state index contributed by atoms with van der Waals surface area (Å²) in [5.74, 6) is -0.283. The summed E-state index contributed by atoms with van der Waals surface area (Å²) in [7, 11) is 3.42. The molecular weight excluding hydrogens is 230 g/mol. The maximum Gasteiger partial charge on any atom is 0.309 e. The summed E-state index contributed by atoms with van der Waals surface area (Å²) in [5, 5.41) is 0. The average molecular weight is 253 g/mol. The van der Waals surface area contributed by atoms with Crippen molar-refractivity contribution in [2.75, 3.05) is 20.7 Å². The van der Waals surface area contributed by atoms with Gasteiger partial charge in [0.2, 0.25) is 0 Å². The highest BCUT2D eigenvalue weighted by Crippen LogP contribution is 2.11. The number of nitrogens with zero attached hydrogens (tertiary/aromatic N) is 3. The molecular formula is C13H23N3O2. The van der Waals surface area contributed by atoms with E-state index in [0.29, 0.717) is 12.6 Å². The van der Waals surface area contributed by atoms with E-state index in [9.17, 15) is 4.79 Å². The Morgan fingerprint density at radius 1 is 1.50 bits per heavy atom. The van der Waals surface area contributed by atoms with Crippen LogP contribution in [0.25, 0.3) is 0 Å². The monoisotopic (exact) mass is 253 g/mol. The van der Waals surface area contributed by atoms with Gasteiger partial charge in [-0.15, -0.1) is 0 Å². The van der Waals surface area contributed by atoms with Gasteiger partial charge in [0, 0.05) is 25.3 Å². The van der Waals surface area contributed by atoms with Crippen molar-refractivity contribution in [3.8, 4) is 0 Å². The van der Waals surface area contributed by atoms with Gasteiger partial charge in [-0.2, -0.15) is 0 Å². The smallest absolute Gasteiger partial charge is 0.309 e. The van der Waals surface area contributed by atoms with E-state index in [1.54, 1.807) is 0 Å². The summed E-state index contributed by atoms with van der Waals surface area (Å²) in [6.45, 7) is 7.59. The van der Waals surface area contributed by atoms with Crippen LogP contribution in [-0.4, -0.2) is 41.1 Å². The summed E-state index contributed by atoms with van der Waals surface area (Å²) in [6, 6.07) is 0.397. The van der Waals surface area contributed by atoms with Crippen molar-refractivity contribution in [2.45, 2.75) is 33.4 Å². The maximum atomic E-state index is 11.4. The van der Waals surface area contributed by atoms with Gasteiger partial charge < -0.3 is 9.30 Å². The number of rotatable bonds is 6. The fraction of sp³-hybridized carbons (Fsp3) is 0.692. The van der Waals surface area contributed by atoms with Gasteiger partial charge in [-0.25, -0.2) is 4.98 Å². The second kappa shape index (κ2) is 6.54. The third-order valence-electron chi connectivity index (χ3n) is 2.92. The third-order valence-corrected chi connectivity index (χ3v) is 2.92. The molecule has 0 aliphatic rings. The van der Waals surface area contributed by atoms with Crippen LogP contribution in [0.15, 0.2) is 12.5 Å². The van der Waals surface area contributed by atoms with E-state index in [4.69, 9.17) is 4.74 Å². The number of ether oxygens (including phenoxy) is 1. The molecule has 0 radical (unpaired) electrons. The van der Waals surface area contributed by atoms with Crippen molar-refractivity contribution < 1.29 is 9.53 Å². The van der Waals surface area contributed by atoms with Crippen LogP contribution in [-0.2, 0) is 16.1 Å². The lowest BCUT2D eigenvalue weighted by molar-refractivity contribution is -0.145. The molecule has 0 bridgehead atoms. The van der Waals surface area contributed by atoms with Gasteiger partial charge in [-0.05, 0) is 20.9 Å². The van der Waals surface area contributed by atoms with Crippen LogP contribution in [0.2, 0.25) is 0 Å². The normalized spacial score (nSPS) is 13.1. The van der Waals surface area contributed by atoms with E-state index in [0.717, 1.165) is 12.2 Å². The Hall–Kier alpha value is -1.36. The van der Waals surface area contributed by atoms with Gasteiger partial charge >= 0.3 is 5.97 Å². The molecule has 0 aliphatic heterocycles. The van der Waals surface area contributed by atoms with Gasteiger partial charge in [0.05, 0.1) is 25.0 Å². The van der Waals surface area contributed by atoms with E-state index in [1.807, 2.05) is 26.5 Å². The summed E-state index contributed by atoms with van der Waals surface area (Å²) in [6.07, 6.45) is 3.72. The van der Waals surface area contributed by atoms with E-state index < -0.39 is 0 Å². The maximum absolute atomic E-state index is 11.4. The van der Waals surface area contributed by atoms with Gasteiger partial charge in [0.1, 0.15) is 0 Å². The second-order valence-corrected chi connectivity index (χ2v) is 5.01. The summed E-state index contributed by atoms with van der Waals surface area (Å²) < 4.78 is 6.87. The first-order valence-electron chi connectivity index (χ1n) is 6.22. The molecule has 1 rings (SSSR count). The van der Waals surface area contributed by atoms with E-state index in [1.165, 1.54) is 7.11 Å². The fourth-order valence-corrected chi connectivity index (χ4v) is 2.00. The van der Waals surface area contributed by atoms with Gasteiger partial charge in [0.15, 0.2) is 0 Å². The number of hydrogen-bond donors (Lipinski definition) is 0. The van der Waals surface area contributed by atoms with Crippen molar-refractivity contribution in [3.63, 3.8) is 0 Å². The van der Waals surface area contributed by atoms with E-state index in [-0.39, 0.29) is 11.9 Å². The predicted molar refractivity (Wildman–Crippen MR) is 70.1 cm³/mol. The first-order chi connectivity index (χ1) is 8.45. The van der Waals surface area contributed by atoms with Crippen molar-refractivity contribution >= 4 is 5.97 Å². The van der Waals surface area contributed by atoms with Crippen LogP contribution in [0.4, 0.5) is 0 Å². The quantitative estimate of drug-likeness (QED) is 0.724. The molecule has 1 atom stereocenters. The Bertz CT molecular complexity index is 387. The molecule has 5 heteroatoms. The molecule has 1 aromatic heterocycles. The zero-order chi connectivity index (χ0) is 13.7. The summed E-state index contributed by atoms with van der Waals surface area (Å²) in [4.78, 5) is 17.6. The SMILES string of the molecule is COC(=O)C(C)CN(C)Cc1cncn1C(C)C. The molecule has 1 heterocycles. The lowest BCUT2D eigenvalue weighted by Gasteiger charge is -2.21. The molecule has 0 N–H and O–H groups in total. The molecule has 0 fully saturated rings. The molecule has 0 saturated carbocycles. The molecule has 18 heavy (non-hydrogen) atoms. The number of methoxy groups -OCH3 is 1. The van der Waals surface area contributed by atoms with Crippen molar-refractivity contribution in [1.29, 1.82) is 0 Å². The zero-order valence-electron chi connectivity index (χ0n) is 11.9. The van der Waals surface area contributed by atoms with Crippen molar-refractivity contribution in [3.05, 3.63) is 18.2 Å². The first kappa shape index (κ1) is 14.7. The zero-order valence-corrected chi connectivity index (χ0v) is 11.9. The predicted octanol–water partition coefficient (Wildman–Crippen LogP) is 1.70. The lowest BCUT2D eigenvalue weighted by Crippen LogP contribution is -2.29. The molecule has 0 saturated heterocycles. The van der Waals surface area contributed by atoms with Gasteiger partial charge in [0.25, 0.3) is 0 Å². The number of imidazole rings is 1. The molecule has 0 aliphatic carbocycles. The molecule has 102 valence electrons. The topological polar surface area (TPSA) is 47.4 Å². The Morgan fingerprint density at radius 2 is 2.17 bits per heavy atom. The minimum absolute atomic E-state index is 0.115. The molecule has 0 amide bonds. The Labute approximate surface area is 109 Å². The summed E-state index contributed by atoms with van der Waals surface area (Å²) >= 11 is 0.